The van der Waals surface area contributed by atoms with Crippen molar-refractivity contribution in [2.24, 2.45) is 0 Å². The zero-order valence-electron chi connectivity index (χ0n) is 11.8. The highest BCUT2D eigenvalue weighted by atomic mass is 35.5. The molecule has 2 aromatic rings. The zero-order valence-corrected chi connectivity index (χ0v) is 12.5. The van der Waals surface area contributed by atoms with Gasteiger partial charge in [-0.3, -0.25) is 9.59 Å². The first kappa shape index (κ1) is 13.9. The molecule has 3 rings (SSSR count). The monoisotopic (exact) mass is 306 g/mol. The molecule has 2 heterocycles. The van der Waals surface area contributed by atoms with Crippen LogP contribution in [0.2, 0.25) is 0 Å². The molecule has 1 aliphatic rings. The molecule has 1 aromatic heterocycles. The Bertz CT molecular complexity index is 738. The molecule has 5 nitrogen and oxygen atoms in total. The molecule has 1 aromatic carbocycles. The predicted molar refractivity (Wildman–Crippen MR) is 81.2 cm³/mol. The molecule has 1 N–H and O–H groups in total. The standard InChI is InChI=1S/C15H15ClN2O3/c1-8-5-17-15-12(21-9(2)20)3-11-14(13(8)15)10(4-16)6-18(11)7-19/h3,5,7,10,17H,4,6H2,1-2H3/t10-/m1/s1. The molecular weight excluding hydrogens is 292 g/mol. The van der Waals surface area contributed by atoms with E-state index in [1.54, 1.807) is 11.0 Å². The number of nitrogens with zero attached hydrogens (tertiary/aromatic N) is 1. The molecule has 6 heteroatoms. The summed E-state index contributed by atoms with van der Waals surface area (Å²) < 4.78 is 5.28. The maximum atomic E-state index is 11.3. The molecule has 0 bridgehead atoms. The summed E-state index contributed by atoms with van der Waals surface area (Å²) in [5.41, 5.74) is 3.62. The molecule has 0 spiro atoms. The van der Waals surface area contributed by atoms with Gasteiger partial charge in [0, 0.05) is 42.9 Å². The minimum Gasteiger partial charge on any atom is -0.424 e. The van der Waals surface area contributed by atoms with Crippen LogP contribution in [0.5, 0.6) is 5.75 Å². The summed E-state index contributed by atoms with van der Waals surface area (Å²) in [6.45, 7) is 3.88. The van der Waals surface area contributed by atoms with Crippen LogP contribution in [0.25, 0.3) is 10.9 Å². The van der Waals surface area contributed by atoms with E-state index in [0.29, 0.717) is 18.2 Å². The minimum absolute atomic E-state index is 0.0789. The van der Waals surface area contributed by atoms with Gasteiger partial charge in [0.05, 0.1) is 11.2 Å². The average molecular weight is 307 g/mol. The number of rotatable bonds is 3. The van der Waals surface area contributed by atoms with E-state index in [0.717, 1.165) is 34.1 Å². The molecule has 1 amide bonds. The Labute approximate surface area is 126 Å². The minimum atomic E-state index is -0.395. The van der Waals surface area contributed by atoms with Gasteiger partial charge in [0.25, 0.3) is 0 Å². The number of hydrogen-bond donors (Lipinski definition) is 1. The van der Waals surface area contributed by atoms with Crippen molar-refractivity contribution >= 4 is 40.6 Å². The van der Waals surface area contributed by atoms with Crippen LogP contribution < -0.4 is 9.64 Å². The number of aryl methyl sites for hydroxylation is 1. The first-order chi connectivity index (χ1) is 10.1. The second-order valence-electron chi connectivity index (χ2n) is 5.23. The number of aromatic amines is 1. The summed E-state index contributed by atoms with van der Waals surface area (Å²) in [5, 5.41) is 0.985. The summed E-state index contributed by atoms with van der Waals surface area (Å²) in [4.78, 5) is 27.3. The number of H-pyrrole nitrogens is 1. The van der Waals surface area contributed by atoms with E-state index in [1.165, 1.54) is 6.92 Å². The summed E-state index contributed by atoms with van der Waals surface area (Å²) in [5.74, 6) is 0.555. The topological polar surface area (TPSA) is 62.4 Å². The van der Waals surface area contributed by atoms with Crippen molar-refractivity contribution in [3.63, 3.8) is 0 Å². The fourth-order valence-corrected chi connectivity index (χ4v) is 3.26. The van der Waals surface area contributed by atoms with Crippen LogP contribution in [-0.2, 0) is 9.59 Å². The van der Waals surface area contributed by atoms with E-state index >= 15 is 0 Å². The van der Waals surface area contributed by atoms with E-state index in [1.807, 2.05) is 13.1 Å². The highest BCUT2D eigenvalue weighted by molar-refractivity contribution is 6.19. The van der Waals surface area contributed by atoms with Crippen molar-refractivity contribution in [3.8, 4) is 5.75 Å². The molecule has 0 fully saturated rings. The number of benzene rings is 1. The molecule has 0 unspecified atom stereocenters. The normalized spacial score (nSPS) is 17.1. The molecule has 21 heavy (non-hydrogen) atoms. The highest BCUT2D eigenvalue weighted by Gasteiger charge is 2.32. The van der Waals surface area contributed by atoms with Gasteiger partial charge in [0.2, 0.25) is 6.41 Å². The molecule has 110 valence electrons. The van der Waals surface area contributed by atoms with Gasteiger partial charge < -0.3 is 14.6 Å². The van der Waals surface area contributed by atoms with Crippen LogP contribution in [0.1, 0.15) is 24.0 Å². The number of aromatic nitrogens is 1. The van der Waals surface area contributed by atoms with Gasteiger partial charge in [-0.25, -0.2) is 0 Å². The number of carbonyl (C=O) groups excluding carboxylic acids is 2. The Balaban J connectivity index is 2.32. The number of alkyl halides is 1. The second kappa shape index (κ2) is 5.07. The lowest BCUT2D eigenvalue weighted by molar-refractivity contribution is -0.131. The molecule has 1 aliphatic heterocycles. The fraction of sp³-hybridized carbons (Fsp3) is 0.333. The second-order valence-corrected chi connectivity index (χ2v) is 5.54. The molecule has 0 saturated carbocycles. The van der Waals surface area contributed by atoms with Crippen LogP contribution in [0.4, 0.5) is 5.69 Å². The predicted octanol–water partition coefficient (Wildman–Crippen LogP) is 2.70. The summed E-state index contributed by atoms with van der Waals surface area (Å²) in [6.07, 6.45) is 2.66. The highest BCUT2D eigenvalue weighted by Crippen LogP contribution is 2.45. The average Bonchev–Trinajstić information content (AvgIpc) is 2.99. The summed E-state index contributed by atoms with van der Waals surface area (Å²) in [7, 11) is 0. The van der Waals surface area contributed by atoms with Crippen LogP contribution in [0, 0.1) is 6.92 Å². The summed E-state index contributed by atoms with van der Waals surface area (Å²) in [6, 6.07) is 1.73. The third-order valence-electron chi connectivity index (χ3n) is 3.84. The lowest BCUT2D eigenvalue weighted by Gasteiger charge is -2.13. The van der Waals surface area contributed by atoms with Crippen molar-refractivity contribution in [3.05, 3.63) is 23.4 Å². The largest absolute Gasteiger partial charge is 0.424 e. The lowest BCUT2D eigenvalue weighted by atomic mass is 9.97. The number of halogens is 1. The van der Waals surface area contributed by atoms with Gasteiger partial charge in [0.15, 0.2) is 5.75 Å². The molecule has 0 aliphatic carbocycles. The maximum Gasteiger partial charge on any atom is 0.308 e. The first-order valence-corrected chi connectivity index (χ1v) is 7.21. The third kappa shape index (κ3) is 2.08. The Kier molecular flexibility index (Phi) is 3.37. The maximum absolute atomic E-state index is 11.3. The van der Waals surface area contributed by atoms with Gasteiger partial charge >= 0.3 is 5.97 Å². The number of anilines is 1. The molecule has 0 saturated heterocycles. The molecular formula is C15H15ClN2O3. The Morgan fingerprint density at radius 2 is 2.38 bits per heavy atom. The number of carbonyl (C=O) groups is 2. The van der Waals surface area contributed by atoms with Crippen molar-refractivity contribution in [1.82, 2.24) is 4.98 Å². The molecule has 0 radical (unpaired) electrons. The van der Waals surface area contributed by atoms with E-state index in [9.17, 15) is 9.59 Å². The van der Waals surface area contributed by atoms with Crippen molar-refractivity contribution in [2.45, 2.75) is 19.8 Å². The number of fused-ring (bicyclic) bond motifs is 3. The smallest absolute Gasteiger partial charge is 0.308 e. The molecule has 1 atom stereocenters. The van der Waals surface area contributed by atoms with Gasteiger partial charge in [0.1, 0.15) is 0 Å². The van der Waals surface area contributed by atoms with Gasteiger partial charge in [-0.15, -0.1) is 11.6 Å². The first-order valence-electron chi connectivity index (χ1n) is 6.67. The SMILES string of the molecule is CC(=O)Oc1cc2c(c3c(C)c[nH]c13)[C@H](CCl)CN2C=O. The third-order valence-corrected chi connectivity index (χ3v) is 4.21. The fourth-order valence-electron chi connectivity index (χ4n) is 3.00. The quantitative estimate of drug-likeness (QED) is 0.410. The van der Waals surface area contributed by atoms with Gasteiger partial charge in [-0.1, -0.05) is 0 Å². The Hall–Kier alpha value is -2.01. The Morgan fingerprint density at radius 3 is 3.00 bits per heavy atom. The van der Waals surface area contributed by atoms with E-state index in [4.69, 9.17) is 16.3 Å². The van der Waals surface area contributed by atoms with E-state index < -0.39 is 5.97 Å². The van der Waals surface area contributed by atoms with Crippen LogP contribution in [-0.4, -0.2) is 29.8 Å². The van der Waals surface area contributed by atoms with Crippen LogP contribution >= 0.6 is 11.6 Å². The number of hydrogen-bond acceptors (Lipinski definition) is 3. The summed E-state index contributed by atoms with van der Waals surface area (Å²) >= 11 is 6.06. The number of ether oxygens (including phenoxy) is 1. The Morgan fingerprint density at radius 1 is 1.62 bits per heavy atom. The van der Waals surface area contributed by atoms with Gasteiger partial charge in [-0.2, -0.15) is 0 Å². The van der Waals surface area contributed by atoms with Crippen molar-refractivity contribution < 1.29 is 14.3 Å². The van der Waals surface area contributed by atoms with E-state index in [2.05, 4.69) is 4.98 Å². The number of esters is 1. The van der Waals surface area contributed by atoms with Crippen molar-refractivity contribution in [2.75, 3.05) is 17.3 Å². The van der Waals surface area contributed by atoms with E-state index in [-0.39, 0.29) is 5.92 Å². The van der Waals surface area contributed by atoms with Gasteiger partial charge in [-0.05, 0) is 18.1 Å². The van der Waals surface area contributed by atoms with Crippen LogP contribution in [0.15, 0.2) is 12.3 Å². The van der Waals surface area contributed by atoms with Crippen molar-refractivity contribution in [1.29, 1.82) is 0 Å². The zero-order chi connectivity index (χ0) is 15.1. The lowest BCUT2D eigenvalue weighted by Crippen LogP contribution is -2.19. The number of amides is 1. The van der Waals surface area contributed by atoms with Crippen LogP contribution in [0.3, 0.4) is 0 Å². The number of nitrogens with one attached hydrogen (secondary N) is 1.